The van der Waals surface area contributed by atoms with Gasteiger partial charge in [-0.3, -0.25) is 0 Å². The van der Waals surface area contributed by atoms with E-state index < -0.39 is 0 Å². The molecule has 2 aromatic rings. The second-order valence-electron chi connectivity index (χ2n) is 6.40. The van der Waals surface area contributed by atoms with Crippen LogP contribution in [0.3, 0.4) is 0 Å². The Labute approximate surface area is 152 Å². The first-order valence-corrected chi connectivity index (χ1v) is 8.86. The van der Waals surface area contributed by atoms with E-state index in [1.54, 1.807) is 13.3 Å². The predicted molar refractivity (Wildman–Crippen MR) is 96.2 cm³/mol. The van der Waals surface area contributed by atoms with Crippen LogP contribution in [0.15, 0.2) is 30.5 Å². The normalized spacial score (nSPS) is 18.9. The maximum Gasteiger partial charge on any atom is 0.244 e. The zero-order valence-corrected chi connectivity index (χ0v) is 14.9. The van der Waals surface area contributed by atoms with E-state index in [1.165, 1.54) is 0 Å². The Hall–Kier alpha value is -2.45. The van der Waals surface area contributed by atoms with Crippen molar-refractivity contribution in [2.45, 2.75) is 25.2 Å². The van der Waals surface area contributed by atoms with Gasteiger partial charge in [0.25, 0.3) is 0 Å². The summed E-state index contributed by atoms with van der Waals surface area (Å²) in [6.45, 7) is 3.59. The summed E-state index contributed by atoms with van der Waals surface area (Å²) in [5.74, 6) is 1.77. The van der Waals surface area contributed by atoms with Crippen LogP contribution < -0.4 is 15.0 Å². The molecule has 1 aromatic heterocycles. The third-order valence-electron chi connectivity index (χ3n) is 4.84. The summed E-state index contributed by atoms with van der Waals surface area (Å²) in [4.78, 5) is 6.79. The topological polar surface area (TPSA) is 81.6 Å². The lowest BCUT2D eigenvalue weighted by atomic mass is 10.0. The van der Waals surface area contributed by atoms with Gasteiger partial charge in [0.2, 0.25) is 5.95 Å². The minimum atomic E-state index is -0.387. The van der Waals surface area contributed by atoms with Gasteiger partial charge in [0.1, 0.15) is 5.75 Å². The number of benzene rings is 1. The SMILES string of the molecule is COc1ccccc1CNc1nncc(N2CCC3(CC2)OCCO3)n1. The van der Waals surface area contributed by atoms with Crippen LogP contribution >= 0.6 is 0 Å². The van der Waals surface area contributed by atoms with Crippen molar-refractivity contribution in [3.05, 3.63) is 36.0 Å². The van der Waals surface area contributed by atoms with Gasteiger partial charge in [0.05, 0.1) is 26.5 Å². The molecule has 2 fully saturated rings. The van der Waals surface area contributed by atoms with Gasteiger partial charge in [-0.25, -0.2) is 0 Å². The number of para-hydroxylation sites is 1. The van der Waals surface area contributed by atoms with Crippen LogP contribution in [0.2, 0.25) is 0 Å². The molecule has 0 saturated carbocycles. The van der Waals surface area contributed by atoms with Crippen molar-refractivity contribution >= 4 is 11.8 Å². The molecule has 0 radical (unpaired) electrons. The van der Waals surface area contributed by atoms with Gasteiger partial charge in [0, 0.05) is 38.0 Å². The fourth-order valence-electron chi connectivity index (χ4n) is 3.41. The Morgan fingerprint density at radius 2 is 1.96 bits per heavy atom. The summed E-state index contributed by atoms with van der Waals surface area (Å²) in [5, 5.41) is 11.4. The highest BCUT2D eigenvalue weighted by Gasteiger charge is 2.40. The smallest absolute Gasteiger partial charge is 0.244 e. The van der Waals surface area contributed by atoms with Crippen molar-refractivity contribution < 1.29 is 14.2 Å². The van der Waals surface area contributed by atoms with E-state index in [1.807, 2.05) is 24.3 Å². The number of piperidine rings is 1. The average molecular weight is 357 g/mol. The third kappa shape index (κ3) is 3.56. The molecule has 1 N–H and O–H groups in total. The largest absolute Gasteiger partial charge is 0.496 e. The number of nitrogens with one attached hydrogen (secondary N) is 1. The van der Waals surface area contributed by atoms with Crippen molar-refractivity contribution in [3.63, 3.8) is 0 Å². The van der Waals surface area contributed by atoms with Gasteiger partial charge in [-0.1, -0.05) is 18.2 Å². The number of ether oxygens (including phenoxy) is 3. The highest BCUT2D eigenvalue weighted by atomic mass is 16.7. The maximum absolute atomic E-state index is 5.78. The van der Waals surface area contributed by atoms with E-state index in [-0.39, 0.29) is 5.79 Å². The first-order chi connectivity index (χ1) is 12.8. The standard InChI is InChI=1S/C18H23N5O3/c1-24-15-5-3-2-4-14(15)12-19-17-21-16(13-20-22-17)23-8-6-18(7-9-23)25-10-11-26-18/h2-5,13H,6-12H2,1H3,(H,19,21,22). The lowest BCUT2D eigenvalue weighted by Gasteiger charge is -2.37. The van der Waals surface area contributed by atoms with Gasteiger partial charge < -0.3 is 24.4 Å². The first kappa shape index (κ1) is 17.0. The number of hydrogen-bond donors (Lipinski definition) is 1. The number of rotatable bonds is 5. The Kier molecular flexibility index (Phi) is 4.85. The molecule has 8 heteroatoms. The van der Waals surface area contributed by atoms with E-state index in [0.29, 0.717) is 25.7 Å². The van der Waals surface area contributed by atoms with Gasteiger partial charge in [-0.15, -0.1) is 5.10 Å². The molecule has 0 bridgehead atoms. The Balaban J connectivity index is 1.39. The second kappa shape index (κ2) is 7.43. The molecule has 0 unspecified atom stereocenters. The third-order valence-corrected chi connectivity index (χ3v) is 4.84. The van der Waals surface area contributed by atoms with Crippen molar-refractivity contribution in [1.29, 1.82) is 0 Å². The van der Waals surface area contributed by atoms with Crippen LogP contribution in [0.25, 0.3) is 0 Å². The van der Waals surface area contributed by atoms with Crippen LogP contribution in [-0.2, 0) is 16.0 Å². The molecule has 1 aromatic carbocycles. The molecule has 3 heterocycles. The molecule has 0 aliphatic carbocycles. The average Bonchev–Trinajstić information content (AvgIpc) is 3.15. The maximum atomic E-state index is 5.78. The molecule has 2 saturated heterocycles. The first-order valence-electron chi connectivity index (χ1n) is 8.86. The molecule has 4 rings (SSSR count). The van der Waals surface area contributed by atoms with Crippen molar-refractivity contribution in [2.24, 2.45) is 0 Å². The summed E-state index contributed by atoms with van der Waals surface area (Å²) >= 11 is 0. The van der Waals surface area contributed by atoms with Gasteiger partial charge >= 0.3 is 0 Å². The Morgan fingerprint density at radius 1 is 1.19 bits per heavy atom. The number of aromatic nitrogens is 3. The molecule has 8 nitrogen and oxygen atoms in total. The van der Waals surface area contributed by atoms with Crippen molar-refractivity contribution in [1.82, 2.24) is 15.2 Å². The monoisotopic (exact) mass is 357 g/mol. The fourth-order valence-corrected chi connectivity index (χ4v) is 3.41. The van der Waals surface area contributed by atoms with Gasteiger partial charge in [0.15, 0.2) is 11.6 Å². The molecule has 138 valence electrons. The number of nitrogens with zero attached hydrogens (tertiary/aromatic N) is 4. The van der Waals surface area contributed by atoms with Crippen LogP contribution in [-0.4, -0.2) is 54.4 Å². The van der Waals surface area contributed by atoms with E-state index in [2.05, 4.69) is 25.4 Å². The summed E-state index contributed by atoms with van der Waals surface area (Å²) in [5.41, 5.74) is 1.04. The highest BCUT2D eigenvalue weighted by Crippen LogP contribution is 2.32. The summed E-state index contributed by atoms with van der Waals surface area (Å²) in [6.07, 6.45) is 3.37. The van der Waals surface area contributed by atoms with Gasteiger partial charge in [-0.2, -0.15) is 10.1 Å². The Morgan fingerprint density at radius 3 is 2.73 bits per heavy atom. The van der Waals surface area contributed by atoms with Crippen LogP contribution in [0.1, 0.15) is 18.4 Å². The molecule has 1 spiro atoms. The number of anilines is 2. The van der Waals surface area contributed by atoms with E-state index in [4.69, 9.17) is 14.2 Å². The lowest BCUT2D eigenvalue weighted by Crippen LogP contribution is -2.45. The summed E-state index contributed by atoms with van der Waals surface area (Å²) < 4.78 is 16.9. The zero-order valence-electron chi connectivity index (χ0n) is 14.9. The number of methoxy groups -OCH3 is 1. The minimum absolute atomic E-state index is 0.387. The van der Waals surface area contributed by atoms with Gasteiger partial charge in [-0.05, 0) is 6.07 Å². The molecular formula is C18H23N5O3. The van der Waals surface area contributed by atoms with Crippen LogP contribution in [0, 0.1) is 0 Å². The molecule has 0 atom stereocenters. The van der Waals surface area contributed by atoms with E-state index in [9.17, 15) is 0 Å². The molecule has 2 aliphatic heterocycles. The molecule has 26 heavy (non-hydrogen) atoms. The fraction of sp³-hybridized carbons (Fsp3) is 0.500. The number of hydrogen-bond acceptors (Lipinski definition) is 8. The van der Waals surface area contributed by atoms with Crippen LogP contribution in [0.5, 0.6) is 5.75 Å². The molecular weight excluding hydrogens is 334 g/mol. The molecule has 2 aliphatic rings. The quantitative estimate of drug-likeness (QED) is 0.868. The van der Waals surface area contributed by atoms with E-state index >= 15 is 0 Å². The second-order valence-corrected chi connectivity index (χ2v) is 6.40. The summed E-state index contributed by atoms with van der Waals surface area (Å²) in [7, 11) is 1.67. The molecule has 0 amide bonds. The van der Waals surface area contributed by atoms with Crippen LogP contribution in [0.4, 0.5) is 11.8 Å². The minimum Gasteiger partial charge on any atom is -0.496 e. The predicted octanol–water partition coefficient (Wildman–Crippen LogP) is 1.84. The van der Waals surface area contributed by atoms with E-state index in [0.717, 1.165) is 43.1 Å². The Bertz CT molecular complexity index is 741. The van der Waals surface area contributed by atoms with Crippen molar-refractivity contribution in [3.8, 4) is 5.75 Å². The lowest BCUT2D eigenvalue weighted by molar-refractivity contribution is -0.169. The summed E-state index contributed by atoms with van der Waals surface area (Å²) in [6, 6.07) is 7.87. The highest BCUT2D eigenvalue weighted by molar-refractivity contribution is 5.42. The zero-order chi connectivity index (χ0) is 17.8. The van der Waals surface area contributed by atoms with Crippen molar-refractivity contribution in [2.75, 3.05) is 43.6 Å².